The summed E-state index contributed by atoms with van der Waals surface area (Å²) in [5.41, 5.74) is 0. The zero-order valence-corrected chi connectivity index (χ0v) is 45.4. The van der Waals surface area contributed by atoms with Gasteiger partial charge in [0.25, 0.3) is 0 Å². The van der Waals surface area contributed by atoms with Crippen molar-refractivity contribution in [1.29, 1.82) is 0 Å². The molecule has 0 bridgehead atoms. The van der Waals surface area contributed by atoms with E-state index in [9.17, 15) is 25.2 Å². The number of aliphatic hydroxyl groups excluding tert-OH is 4. The van der Waals surface area contributed by atoms with Crippen LogP contribution in [0.1, 0.15) is 309 Å². The lowest BCUT2D eigenvalue weighted by Crippen LogP contribution is -2.53. The average molecular weight is 957 g/mol. The van der Waals surface area contributed by atoms with Crippen molar-refractivity contribution in [2.75, 3.05) is 6.61 Å². The third-order valence-electron chi connectivity index (χ3n) is 14.0. The highest BCUT2D eigenvalue weighted by molar-refractivity contribution is 5.80. The minimum Gasteiger partial charge on any atom is -0.394 e. The molecule has 6 nitrogen and oxygen atoms in total. The number of carbonyl (C=O) groups excluding carboxylic acids is 1. The standard InChI is InChI=1S/C62H117NO5/c1-3-5-7-9-11-13-15-17-19-21-23-25-27-28-29-30-31-32-34-36-38-40-42-44-46-48-50-52-54-56-60(66)62(68)63-58(57-64)61(67)59(65)55-53-51-49-47-45-43-41-39-37-35-33-26-24-22-20-18-16-14-12-10-8-6-4-2/h26,28-29,33,39,41,47,49,58-61,64-67H,3-25,27,30-32,34-38,40,42-46,48,50-57H2,1-2H3,(H,63,68)/b29-28-,33-26+,41-39+,49-47+. The van der Waals surface area contributed by atoms with Gasteiger partial charge in [0, 0.05) is 0 Å². The van der Waals surface area contributed by atoms with E-state index >= 15 is 0 Å². The molecule has 0 aromatic carbocycles. The molecule has 0 aliphatic rings. The number of amides is 1. The average Bonchev–Trinajstić information content (AvgIpc) is 3.34. The van der Waals surface area contributed by atoms with Crippen LogP contribution in [0.15, 0.2) is 48.6 Å². The minimum atomic E-state index is -1.30. The fourth-order valence-corrected chi connectivity index (χ4v) is 9.26. The topological polar surface area (TPSA) is 110 Å². The van der Waals surface area contributed by atoms with Gasteiger partial charge in [-0.1, -0.05) is 268 Å². The zero-order chi connectivity index (χ0) is 49.5. The summed E-state index contributed by atoms with van der Waals surface area (Å²) >= 11 is 0. The van der Waals surface area contributed by atoms with Crippen molar-refractivity contribution < 1.29 is 25.2 Å². The Morgan fingerprint density at radius 3 is 0.926 bits per heavy atom. The second kappa shape index (κ2) is 56.2. The predicted octanol–water partition coefficient (Wildman–Crippen LogP) is 17.8. The number of unbranched alkanes of at least 4 members (excludes halogenated alkanes) is 38. The van der Waals surface area contributed by atoms with Gasteiger partial charge >= 0.3 is 0 Å². The number of nitrogens with one attached hydrogen (secondary N) is 1. The second-order valence-electron chi connectivity index (χ2n) is 20.7. The van der Waals surface area contributed by atoms with Crippen molar-refractivity contribution in [2.24, 2.45) is 0 Å². The van der Waals surface area contributed by atoms with E-state index in [0.717, 1.165) is 51.4 Å². The Labute approximate surface area is 423 Å². The van der Waals surface area contributed by atoms with Crippen LogP contribution in [0.4, 0.5) is 0 Å². The number of hydrogen-bond acceptors (Lipinski definition) is 5. The van der Waals surface area contributed by atoms with Gasteiger partial charge in [0.2, 0.25) is 5.91 Å². The molecular weight excluding hydrogens is 839 g/mol. The van der Waals surface area contributed by atoms with Crippen LogP contribution in [0.3, 0.4) is 0 Å². The molecule has 400 valence electrons. The summed E-state index contributed by atoms with van der Waals surface area (Å²) in [4.78, 5) is 12.6. The fraction of sp³-hybridized carbons (Fsp3) is 0.855. The van der Waals surface area contributed by atoms with E-state index in [-0.39, 0.29) is 0 Å². The van der Waals surface area contributed by atoms with Crippen LogP contribution in [-0.4, -0.2) is 57.3 Å². The number of hydrogen-bond donors (Lipinski definition) is 5. The molecule has 0 spiro atoms. The van der Waals surface area contributed by atoms with Crippen LogP contribution < -0.4 is 5.32 Å². The summed E-state index contributed by atoms with van der Waals surface area (Å²) < 4.78 is 0. The Bertz CT molecular complexity index is 1120. The molecule has 0 aliphatic carbocycles. The summed E-state index contributed by atoms with van der Waals surface area (Å²) in [7, 11) is 0. The Hall–Kier alpha value is -1.73. The first-order valence-corrected chi connectivity index (χ1v) is 30.0. The molecule has 4 atom stereocenters. The molecule has 0 aromatic rings. The first kappa shape index (κ1) is 66.3. The van der Waals surface area contributed by atoms with Gasteiger partial charge in [-0.3, -0.25) is 4.79 Å². The van der Waals surface area contributed by atoms with E-state index < -0.39 is 36.9 Å². The Balaban J connectivity index is 3.67. The molecule has 0 rings (SSSR count). The molecule has 0 aliphatic heterocycles. The molecule has 5 N–H and O–H groups in total. The number of aliphatic hydroxyl groups is 4. The van der Waals surface area contributed by atoms with E-state index in [1.165, 1.54) is 225 Å². The van der Waals surface area contributed by atoms with Crippen LogP contribution in [-0.2, 0) is 4.79 Å². The zero-order valence-electron chi connectivity index (χ0n) is 45.4. The predicted molar refractivity (Wildman–Crippen MR) is 297 cm³/mol. The van der Waals surface area contributed by atoms with Gasteiger partial charge in [-0.2, -0.15) is 0 Å². The van der Waals surface area contributed by atoms with Gasteiger partial charge in [-0.25, -0.2) is 0 Å². The number of carbonyl (C=O) groups is 1. The molecule has 0 fully saturated rings. The number of rotatable bonds is 55. The van der Waals surface area contributed by atoms with E-state index in [1.54, 1.807) is 0 Å². The molecule has 0 heterocycles. The van der Waals surface area contributed by atoms with Crippen LogP contribution in [0, 0.1) is 0 Å². The van der Waals surface area contributed by atoms with Gasteiger partial charge in [0.1, 0.15) is 12.2 Å². The summed E-state index contributed by atoms with van der Waals surface area (Å²) in [5, 5.41) is 44.0. The van der Waals surface area contributed by atoms with Crippen molar-refractivity contribution >= 4 is 5.91 Å². The maximum atomic E-state index is 12.6. The molecule has 6 heteroatoms. The summed E-state index contributed by atoms with van der Waals surface area (Å²) in [6.07, 6.45) is 71.9. The van der Waals surface area contributed by atoms with Crippen molar-refractivity contribution in [3.8, 4) is 0 Å². The van der Waals surface area contributed by atoms with Gasteiger partial charge in [-0.05, 0) is 89.9 Å². The normalized spacial score (nSPS) is 14.0. The first-order valence-electron chi connectivity index (χ1n) is 30.0. The molecule has 0 aromatic heterocycles. The second-order valence-corrected chi connectivity index (χ2v) is 20.7. The molecule has 0 saturated heterocycles. The smallest absolute Gasteiger partial charge is 0.249 e. The highest BCUT2D eigenvalue weighted by atomic mass is 16.3. The van der Waals surface area contributed by atoms with E-state index in [1.807, 2.05) is 0 Å². The van der Waals surface area contributed by atoms with Crippen LogP contribution in [0.25, 0.3) is 0 Å². The van der Waals surface area contributed by atoms with Crippen molar-refractivity contribution in [3.63, 3.8) is 0 Å². The maximum Gasteiger partial charge on any atom is 0.249 e. The Morgan fingerprint density at radius 2 is 0.618 bits per heavy atom. The molecule has 0 radical (unpaired) electrons. The summed E-state index contributed by atoms with van der Waals surface area (Å²) in [6.45, 7) is 4.07. The quantitative estimate of drug-likeness (QED) is 0.0308. The first-order chi connectivity index (χ1) is 33.5. The highest BCUT2D eigenvalue weighted by Gasteiger charge is 2.28. The van der Waals surface area contributed by atoms with Gasteiger partial charge in [0.15, 0.2) is 0 Å². The van der Waals surface area contributed by atoms with E-state index in [0.29, 0.717) is 19.3 Å². The SMILES string of the molecule is CCCCCCCCCCCC/C=C/CC/C=C/CC/C=C/CCCC(O)C(O)C(CO)NC(=O)C(O)CCCCCCCCCCCCCCC/C=C\CCCCCCCCCCCCCC. The monoisotopic (exact) mass is 956 g/mol. The molecule has 4 unspecified atom stereocenters. The Morgan fingerprint density at radius 1 is 0.353 bits per heavy atom. The fourth-order valence-electron chi connectivity index (χ4n) is 9.26. The lowest BCUT2D eigenvalue weighted by atomic mass is 10.00. The van der Waals surface area contributed by atoms with Crippen molar-refractivity contribution in [3.05, 3.63) is 48.6 Å². The minimum absolute atomic E-state index is 0.359. The lowest BCUT2D eigenvalue weighted by Gasteiger charge is -2.27. The third-order valence-corrected chi connectivity index (χ3v) is 14.0. The molecule has 0 saturated carbocycles. The van der Waals surface area contributed by atoms with Gasteiger partial charge < -0.3 is 25.7 Å². The molecule has 1 amide bonds. The summed E-state index contributed by atoms with van der Waals surface area (Å²) in [5.74, 6) is -0.597. The van der Waals surface area contributed by atoms with Crippen LogP contribution in [0.2, 0.25) is 0 Å². The maximum absolute atomic E-state index is 12.6. The van der Waals surface area contributed by atoms with E-state index in [4.69, 9.17) is 0 Å². The van der Waals surface area contributed by atoms with Crippen molar-refractivity contribution in [2.45, 2.75) is 334 Å². The Kier molecular flexibility index (Phi) is 54.8. The molecular formula is C62H117NO5. The molecule has 68 heavy (non-hydrogen) atoms. The largest absolute Gasteiger partial charge is 0.394 e. The van der Waals surface area contributed by atoms with Crippen molar-refractivity contribution in [1.82, 2.24) is 5.32 Å². The van der Waals surface area contributed by atoms with Gasteiger partial charge in [0.05, 0.1) is 18.8 Å². The van der Waals surface area contributed by atoms with E-state index in [2.05, 4.69) is 67.8 Å². The van der Waals surface area contributed by atoms with Gasteiger partial charge in [-0.15, -0.1) is 0 Å². The lowest BCUT2D eigenvalue weighted by molar-refractivity contribution is -0.132. The summed E-state index contributed by atoms with van der Waals surface area (Å²) in [6, 6.07) is -1.01. The number of allylic oxidation sites excluding steroid dienone is 8. The highest BCUT2D eigenvalue weighted by Crippen LogP contribution is 2.17. The third kappa shape index (κ3) is 49.3. The van der Waals surface area contributed by atoms with Crippen LogP contribution in [0.5, 0.6) is 0 Å². The van der Waals surface area contributed by atoms with Crippen LogP contribution >= 0.6 is 0 Å².